The van der Waals surface area contributed by atoms with Crippen molar-refractivity contribution in [1.82, 2.24) is 4.90 Å². The van der Waals surface area contributed by atoms with Crippen LogP contribution < -0.4 is 5.73 Å². The van der Waals surface area contributed by atoms with Gasteiger partial charge in [-0.1, -0.05) is 13.8 Å². The summed E-state index contributed by atoms with van der Waals surface area (Å²) >= 11 is 2.08. The van der Waals surface area contributed by atoms with E-state index in [1.807, 2.05) is 0 Å². The minimum atomic E-state index is 0.542. The van der Waals surface area contributed by atoms with Crippen molar-refractivity contribution in [1.29, 1.82) is 0 Å². The zero-order chi connectivity index (χ0) is 13.4. The molecule has 1 aliphatic heterocycles. The Morgan fingerprint density at radius 1 is 1.39 bits per heavy atom. The van der Waals surface area contributed by atoms with Gasteiger partial charge in [-0.05, 0) is 36.7 Å². The van der Waals surface area contributed by atoms with Crippen molar-refractivity contribution in [3.8, 4) is 0 Å². The van der Waals surface area contributed by atoms with E-state index >= 15 is 0 Å². The highest BCUT2D eigenvalue weighted by Crippen LogP contribution is 2.30. The number of hydrogen-bond donors (Lipinski definition) is 1. The normalized spacial score (nSPS) is 22.0. The average molecular weight is 274 g/mol. The summed E-state index contributed by atoms with van der Waals surface area (Å²) in [6.07, 6.45) is 3.74. The van der Waals surface area contributed by atoms with Gasteiger partial charge in [-0.3, -0.25) is 4.90 Å². The van der Waals surface area contributed by atoms with E-state index in [9.17, 15) is 0 Å². The number of nitrogens with zero attached hydrogens (tertiary/aromatic N) is 1. The number of ether oxygens (including phenoxy) is 1. The van der Waals surface area contributed by atoms with Crippen molar-refractivity contribution in [2.24, 2.45) is 11.7 Å². The van der Waals surface area contributed by atoms with E-state index in [0.29, 0.717) is 12.1 Å². The molecule has 2 atom stereocenters. The van der Waals surface area contributed by atoms with Crippen molar-refractivity contribution in [3.63, 3.8) is 0 Å². The van der Waals surface area contributed by atoms with Gasteiger partial charge in [0.2, 0.25) is 0 Å². The Kier molecular flexibility index (Phi) is 8.31. The van der Waals surface area contributed by atoms with E-state index in [1.165, 1.54) is 30.8 Å². The lowest BCUT2D eigenvalue weighted by atomic mass is 9.95. The molecule has 1 aliphatic rings. The molecule has 1 fully saturated rings. The Labute approximate surface area is 117 Å². The molecule has 0 aromatic rings. The molecule has 0 radical (unpaired) electrons. The maximum Gasteiger partial charge on any atom is 0.0589 e. The molecule has 108 valence electrons. The molecule has 3 nitrogen and oxygen atoms in total. The molecular formula is C14H30N2OS. The summed E-state index contributed by atoms with van der Waals surface area (Å²) in [6.45, 7) is 7.18. The van der Waals surface area contributed by atoms with Crippen LogP contribution in [0.4, 0.5) is 0 Å². The lowest BCUT2D eigenvalue weighted by Crippen LogP contribution is -2.51. The Morgan fingerprint density at radius 3 is 2.56 bits per heavy atom. The van der Waals surface area contributed by atoms with Crippen LogP contribution in [0.25, 0.3) is 0 Å². The second kappa shape index (κ2) is 9.18. The van der Waals surface area contributed by atoms with Crippen molar-refractivity contribution in [3.05, 3.63) is 0 Å². The van der Waals surface area contributed by atoms with E-state index in [4.69, 9.17) is 10.5 Å². The molecule has 2 N–H and O–H groups in total. The fourth-order valence-electron chi connectivity index (χ4n) is 3.03. The van der Waals surface area contributed by atoms with Crippen molar-refractivity contribution >= 4 is 11.8 Å². The molecule has 4 heteroatoms. The van der Waals surface area contributed by atoms with Crippen molar-refractivity contribution in [2.75, 3.05) is 38.3 Å². The monoisotopic (exact) mass is 274 g/mol. The topological polar surface area (TPSA) is 38.5 Å². The largest absolute Gasteiger partial charge is 0.383 e. The van der Waals surface area contributed by atoms with Gasteiger partial charge in [0.1, 0.15) is 0 Å². The molecule has 2 unspecified atom stereocenters. The van der Waals surface area contributed by atoms with Crippen LogP contribution in [0, 0.1) is 5.92 Å². The summed E-state index contributed by atoms with van der Waals surface area (Å²) in [6, 6.07) is 1.19. The van der Waals surface area contributed by atoms with E-state index in [-0.39, 0.29) is 0 Å². The quantitative estimate of drug-likeness (QED) is 0.699. The second-order valence-electron chi connectivity index (χ2n) is 5.13. The average Bonchev–Trinajstić information content (AvgIpc) is 2.91. The van der Waals surface area contributed by atoms with Gasteiger partial charge in [0.25, 0.3) is 0 Å². The van der Waals surface area contributed by atoms with E-state index in [1.54, 1.807) is 7.11 Å². The first-order valence-electron chi connectivity index (χ1n) is 7.30. The van der Waals surface area contributed by atoms with Crippen molar-refractivity contribution < 1.29 is 4.74 Å². The Morgan fingerprint density at radius 2 is 2.11 bits per heavy atom. The summed E-state index contributed by atoms with van der Waals surface area (Å²) in [7, 11) is 1.79. The highest BCUT2D eigenvalue weighted by Gasteiger charge is 2.31. The minimum absolute atomic E-state index is 0.542. The van der Waals surface area contributed by atoms with Gasteiger partial charge in [-0.25, -0.2) is 0 Å². The molecule has 0 spiro atoms. The number of methoxy groups -OCH3 is 1. The standard InChI is InChI=1S/C14H30N2OS/c1-4-13(5-2)16(7-8-17-3)14(10-15)12-6-9-18-11-12/h12-14H,4-11,15H2,1-3H3. The van der Waals surface area contributed by atoms with Gasteiger partial charge in [-0.15, -0.1) is 0 Å². The van der Waals surface area contributed by atoms with Gasteiger partial charge in [0, 0.05) is 32.3 Å². The third-order valence-corrected chi connectivity index (χ3v) is 5.33. The zero-order valence-electron chi connectivity index (χ0n) is 12.2. The van der Waals surface area contributed by atoms with Gasteiger partial charge >= 0.3 is 0 Å². The smallest absolute Gasteiger partial charge is 0.0589 e. The van der Waals surface area contributed by atoms with Gasteiger partial charge < -0.3 is 10.5 Å². The van der Waals surface area contributed by atoms with Gasteiger partial charge in [0.05, 0.1) is 6.61 Å². The molecular weight excluding hydrogens is 244 g/mol. The summed E-state index contributed by atoms with van der Waals surface area (Å²) in [5.41, 5.74) is 6.08. The fraction of sp³-hybridized carbons (Fsp3) is 1.00. The molecule has 1 heterocycles. The maximum atomic E-state index is 6.08. The van der Waals surface area contributed by atoms with Gasteiger partial charge in [-0.2, -0.15) is 11.8 Å². The maximum absolute atomic E-state index is 6.08. The Hall–Kier alpha value is 0.230. The summed E-state index contributed by atoms with van der Waals surface area (Å²) in [5.74, 6) is 3.37. The number of thioether (sulfide) groups is 1. The Bertz CT molecular complexity index is 206. The zero-order valence-corrected chi connectivity index (χ0v) is 13.0. The fourth-order valence-corrected chi connectivity index (χ4v) is 4.36. The summed E-state index contributed by atoms with van der Waals surface area (Å²) < 4.78 is 5.28. The van der Waals surface area contributed by atoms with Crippen LogP contribution in [0.5, 0.6) is 0 Å². The number of nitrogens with two attached hydrogens (primary N) is 1. The molecule has 18 heavy (non-hydrogen) atoms. The van der Waals surface area contributed by atoms with Crippen LogP contribution >= 0.6 is 11.8 Å². The second-order valence-corrected chi connectivity index (χ2v) is 6.28. The van der Waals surface area contributed by atoms with Crippen LogP contribution in [0.15, 0.2) is 0 Å². The Balaban J connectivity index is 2.69. The summed E-state index contributed by atoms with van der Waals surface area (Å²) in [5, 5.41) is 0. The molecule has 0 saturated carbocycles. The molecule has 0 aliphatic carbocycles. The SMILES string of the molecule is CCC(CC)N(CCOC)C(CN)C1CCSC1. The molecule has 0 bridgehead atoms. The highest BCUT2D eigenvalue weighted by molar-refractivity contribution is 7.99. The molecule has 0 aromatic heterocycles. The predicted molar refractivity (Wildman–Crippen MR) is 81.2 cm³/mol. The van der Waals surface area contributed by atoms with E-state index in [2.05, 4.69) is 30.5 Å². The van der Waals surface area contributed by atoms with Crippen LogP contribution in [0.1, 0.15) is 33.1 Å². The van der Waals surface area contributed by atoms with Crippen LogP contribution in [-0.2, 0) is 4.74 Å². The van der Waals surface area contributed by atoms with Crippen LogP contribution in [0.3, 0.4) is 0 Å². The van der Waals surface area contributed by atoms with Gasteiger partial charge in [0.15, 0.2) is 0 Å². The molecule has 0 amide bonds. The van der Waals surface area contributed by atoms with E-state index < -0.39 is 0 Å². The van der Waals surface area contributed by atoms with Crippen LogP contribution in [0.2, 0.25) is 0 Å². The molecule has 1 saturated heterocycles. The minimum Gasteiger partial charge on any atom is -0.383 e. The number of hydrogen-bond acceptors (Lipinski definition) is 4. The van der Waals surface area contributed by atoms with Crippen LogP contribution in [-0.4, -0.2) is 55.3 Å². The lowest BCUT2D eigenvalue weighted by Gasteiger charge is -2.39. The van der Waals surface area contributed by atoms with E-state index in [0.717, 1.165) is 25.6 Å². The predicted octanol–water partition coefficient (Wildman–Crippen LogP) is 2.20. The third kappa shape index (κ3) is 4.41. The first kappa shape index (κ1) is 16.3. The highest BCUT2D eigenvalue weighted by atomic mass is 32.2. The lowest BCUT2D eigenvalue weighted by molar-refractivity contribution is 0.0615. The first-order valence-corrected chi connectivity index (χ1v) is 8.46. The first-order chi connectivity index (χ1) is 8.78. The summed E-state index contributed by atoms with van der Waals surface area (Å²) in [4.78, 5) is 2.63. The number of rotatable bonds is 9. The third-order valence-electron chi connectivity index (χ3n) is 4.14. The molecule has 1 rings (SSSR count). The molecule has 0 aromatic carbocycles. The van der Waals surface area contributed by atoms with Crippen molar-refractivity contribution in [2.45, 2.75) is 45.2 Å².